The molecule has 1 amide bonds. The molecule has 0 saturated carbocycles. The zero-order valence-electron chi connectivity index (χ0n) is 12.0. The first-order chi connectivity index (χ1) is 10.3. The van der Waals surface area contributed by atoms with Gasteiger partial charge in [0.15, 0.2) is 0 Å². The van der Waals surface area contributed by atoms with Crippen LogP contribution in [0.1, 0.15) is 22.8 Å². The van der Waals surface area contributed by atoms with Crippen molar-refractivity contribution in [1.82, 2.24) is 0 Å². The normalized spacial score (nSPS) is 10.5. The number of benzene rings is 3. The van der Waals surface area contributed by atoms with Crippen LogP contribution in [0.15, 0.2) is 66.7 Å². The van der Waals surface area contributed by atoms with Crippen molar-refractivity contribution in [3.8, 4) is 0 Å². The standard InChI is InChI=1S/C19H17NO/c1-2-14-7-11-18(12-8-14)20-19(21)17-10-9-15-5-3-4-6-16(15)13-17/h3-13H,2H2,1H3,(H,20,21). The lowest BCUT2D eigenvalue weighted by molar-refractivity contribution is 0.102. The largest absolute Gasteiger partial charge is 0.322 e. The number of rotatable bonds is 3. The summed E-state index contributed by atoms with van der Waals surface area (Å²) in [4.78, 5) is 12.3. The van der Waals surface area contributed by atoms with E-state index >= 15 is 0 Å². The van der Waals surface area contributed by atoms with Crippen molar-refractivity contribution in [2.75, 3.05) is 5.32 Å². The van der Waals surface area contributed by atoms with Gasteiger partial charge in [-0.1, -0.05) is 49.4 Å². The third kappa shape index (κ3) is 2.95. The fraction of sp³-hybridized carbons (Fsp3) is 0.105. The minimum atomic E-state index is -0.0787. The average molecular weight is 275 g/mol. The first kappa shape index (κ1) is 13.4. The molecule has 2 nitrogen and oxygen atoms in total. The molecule has 2 heteroatoms. The molecule has 0 fully saturated rings. The Hall–Kier alpha value is -2.61. The molecule has 0 unspecified atom stereocenters. The van der Waals surface area contributed by atoms with E-state index in [-0.39, 0.29) is 5.91 Å². The van der Waals surface area contributed by atoms with Crippen LogP contribution in [0.3, 0.4) is 0 Å². The van der Waals surface area contributed by atoms with Gasteiger partial charge in [-0.05, 0) is 47.0 Å². The lowest BCUT2D eigenvalue weighted by Crippen LogP contribution is -2.11. The number of carbonyl (C=O) groups is 1. The number of hydrogen-bond donors (Lipinski definition) is 1. The summed E-state index contributed by atoms with van der Waals surface area (Å²) in [6.07, 6.45) is 0.999. The Morgan fingerprint density at radius 1 is 0.905 bits per heavy atom. The van der Waals surface area contributed by atoms with E-state index in [1.807, 2.05) is 66.7 Å². The van der Waals surface area contributed by atoms with Crippen LogP contribution >= 0.6 is 0 Å². The maximum absolute atomic E-state index is 12.3. The summed E-state index contributed by atoms with van der Waals surface area (Å²) in [5.74, 6) is -0.0787. The highest BCUT2D eigenvalue weighted by Crippen LogP contribution is 2.17. The van der Waals surface area contributed by atoms with Gasteiger partial charge in [0.1, 0.15) is 0 Å². The Bertz CT molecular complexity index is 775. The number of aryl methyl sites for hydroxylation is 1. The van der Waals surface area contributed by atoms with Crippen molar-refractivity contribution in [3.05, 3.63) is 77.9 Å². The van der Waals surface area contributed by atoms with Gasteiger partial charge >= 0.3 is 0 Å². The minimum absolute atomic E-state index is 0.0787. The number of carbonyl (C=O) groups excluding carboxylic acids is 1. The van der Waals surface area contributed by atoms with Gasteiger partial charge in [-0.2, -0.15) is 0 Å². The van der Waals surface area contributed by atoms with Gasteiger partial charge in [0.25, 0.3) is 5.91 Å². The van der Waals surface area contributed by atoms with E-state index in [4.69, 9.17) is 0 Å². The molecule has 0 aromatic heterocycles. The second-order valence-electron chi connectivity index (χ2n) is 5.07. The minimum Gasteiger partial charge on any atom is -0.322 e. The summed E-state index contributed by atoms with van der Waals surface area (Å²) in [6.45, 7) is 2.11. The zero-order chi connectivity index (χ0) is 14.7. The summed E-state index contributed by atoms with van der Waals surface area (Å²) in [5, 5.41) is 5.15. The molecule has 0 aliphatic carbocycles. The molecule has 3 aromatic carbocycles. The fourth-order valence-electron chi connectivity index (χ4n) is 2.36. The smallest absolute Gasteiger partial charge is 0.255 e. The van der Waals surface area contributed by atoms with Crippen molar-refractivity contribution >= 4 is 22.4 Å². The van der Waals surface area contributed by atoms with E-state index in [2.05, 4.69) is 12.2 Å². The monoisotopic (exact) mass is 275 g/mol. The molecular weight excluding hydrogens is 258 g/mol. The first-order valence-corrected chi connectivity index (χ1v) is 7.15. The topological polar surface area (TPSA) is 29.1 Å². The second kappa shape index (κ2) is 5.80. The van der Waals surface area contributed by atoms with Crippen molar-refractivity contribution in [1.29, 1.82) is 0 Å². The first-order valence-electron chi connectivity index (χ1n) is 7.15. The summed E-state index contributed by atoms with van der Waals surface area (Å²) < 4.78 is 0. The molecule has 0 saturated heterocycles. The molecule has 0 aliphatic heterocycles. The van der Waals surface area contributed by atoms with E-state index in [1.54, 1.807) is 0 Å². The van der Waals surface area contributed by atoms with E-state index in [0.29, 0.717) is 5.56 Å². The summed E-state index contributed by atoms with van der Waals surface area (Å²) in [7, 11) is 0. The van der Waals surface area contributed by atoms with Crippen molar-refractivity contribution < 1.29 is 4.79 Å². The van der Waals surface area contributed by atoms with Gasteiger partial charge in [0.05, 0.1) is 0 Å². The van der Waals surface area contributed by atoms with Gasteiger partial charge in [-0.25, -0.2) is 0 Å². The Labute approximate surface area is 124 Å². The molecule has 0 heterocycles. The van der Waals surface area contributed by atoms with Crippen LogP contribution in [0.25, 0.3) is 10.8 Å². The van der Waals surface area contributed by atoms with Crippen LogP contribution in [-0.2, 0) is 6.42 Å². The second-order valence-corrected chi connectivity index (χ2v) is 5.07. The molecule has 0 aliphatic rings. The lowest BCUT2D eigenvalue weighted by Gasteiger charge is -2.07. The SMILES string of the molecule is CCc1ccc(NC(=O)c2ccc3ccccc3c2)cc1. The molecule has 0 atom stereocenters. The van der Waals surface area contributed by atoms with Crippen LogP contribution in [0.4, 0.5) is 5.69 Å². The van der Waals surface area contributed by atoms with Crippen LogP contribution in [0.2, 0.25) is 0 Å². The summed E-state index contributed by atoms with van der Waals surface area (Å²) >= 11 is 0. The average Bonchev–Trinajstić information content (AvgIpc) is 2.55. The highest BCUT2D eigenvalue weighted by atomic mass is 16.1. The van der Waals surface area contributed by atoms with Gasteiger partial charge < -0.3 is 5.32 Å². The van der Waals surface area contributed by atoms with Crippen LogP contribution in [-0.4, -0.2) is 5.91 Å². The predicted molar refractivity (Wildman–Crippen MR) is 87.7 cm³/mol. The van der Waals surface area contributed by atoms with Crippen LogP contribution < -0.4 is 5.32 Å². The number of anilines is 1. The van der Waals surface area contributed by atoms with E-state index in [1.165, 1.54) is 5.56 Å². The molecular formula is C19H17NO. The number of fused-ring (bicyclic) bond motifs is 1. The predicted octanol–water partition coefficient (Wildman–Crippen LogP) is 4.65. The van der Waals surface area contributed by atoms with Gasteiger partial charge in [0, 0.05) is 11.3 Å². The van der Waals surface area contributed by atoms with E-state index in [0.717, 1.165) is 22.9 Å². The molecule has 0 radical (unpaired) electrons. The van der Waals surface area contributed by atoms with Crippen molar-refractivity contribution in [2.24, 2.45) is 0 Å². The molecule has 21 heavy (non-hydrogen) atoms. The Balaban J connectivity index is 1.82. The van der Waals surface area contributed by atoms with Gasteiger partial charge in [0.2, 0.25) is 0 Å². The zero-order valence-corrected chi connectivity index (χ0v) is 12.0. The third-order valence-electron chi connectivity index (χ3n) is 3.63. The summed E-state index contributed by atoms with van der Waals surface area (Å²) in [6, 6.07) is 21.8. The van der Waals surface area contributed by atoms with Crippen LogP contribution in [0.5, 0.6) is 0 Å². The Morgan fingerprint density at radius 3 is 2.33 bits per heavy atom. The molecule has 3 rings (SSSR count). The van der Waals surface area contributed by atoms with Crippen molar-refractivity contribution in [2.45, 2.75) is 13.3 Å². The number of hydrogen-bond acceptors (Lipinski definition) is 1. The van der Waals surface area contributed by atoms with E-state index in [9.17, 15) is 4.79 Å². The molecule has 3 aromatic rings. The molecule has 1 N–H and O–H groups in total. The van der Waals surface area contributed by atoms with Gasteiger partial charge in [-0.3, -0.25) is 4.79 Å². The highest BCUT2D eigenvalue weighted by molar-refractivity contribution is 6.06. The number of nitrogens with one attached hydrogen (secondary N) is 1. The Morgan fingerprint density at radius 2 is 1.62 bits per heavy atom. The quantitative estimate of drug-likeness (QED) is 0.740. The molecule has 0 spiro atoms. The summed E-state index contributed by atoms with van der Waals surface area (Å²) in [5.41, 5.74) is 2.76. The number of amides is 1. The van der Waals surface area contributed by atoms with Gasteiger partial charge in [-0.15, -0.1) is 0 Å². The Kier molecular flexibility index (Phi) is 3.69. The molecule has 0 bridgehead atoms. The fourth-order valence-corrected chi connectivity index (χ4v) is 2.36. The van der Waals surface area contributed by atoms with Crippen LogP contribution in [0, 0.1) is 0 Å². The van der Waals surface area contributed by atoms with Crippen molar-refractivity contribution in [3.63, 3.8) is 0 Å². The maximum Gasteiger partial charge on any atom is 0.255 e. The lowest BCUT2D eigenvalue weighted by atomic mass is 10.1. The third-order valence-corrected chi connectivity index (χ3v) is 3.63. The molecule has 104 valence electrons. The highest BCUT2D eigenvalue weighted by Gasteiger charge is 2.06. The van der Waals surface area contributed by atoms with E-state index < -0.39 is 0 Å². The maximum atomic E-state index is 12.3.